The number of carbonyl (C=O) groups is 4. The van der Waals surface area contributed by atoms with E-state index in [0.29, 0.717) is 4.90 Å². The lowest BCUT2D eigenvalue weighted by atomic mass is 10.0. The van der Waals surface area contributed by atoms with E-state index in [4.69, 9.17) is 19.9 Å². The lowest BCUT2D eigenvalue weighted by molar-refractivity contribution is -0.147. The molecule has 2 aliphatic rings. The van der Waals surface area contributed by atoms with Gasteiger partial charge in [0.05, 0.1) is 6.85 Å². The summed E-state index contributed by atoms with van der Waals surface area (Å²) in [6.07, 6.45) is -0.379. The van der Waals surface area contributed by atoms with Crippen LogP contribution >= 0.6 is 11.6 Å². The number of amides is 4. The van der Waals surface area contributed by atoms with Crippen LogP contribution in [-0.4, -0.2) is 34.6 Å². The van der Waals surface area contributed by atoms with Crippen LogP contribution in [0.4, 0.5) is 8.78 Å². The lowest BCUT2D eigenvalue weighted by Crippen LogP contribution is -2.52. The van der Waals surface area contributed by atoms with Crippen molar-refractivity contribution in [3.05, 3.63) is 69.7 Å². The Balaban J connectivity index is 1.71. The van der Waals surface area contributed by atoms with Crippen LogP contribution in [0.2, 0.25) is 6.43 Å². The molecule has 2 heterocycles. The average molecular weight is 468 g/mol. The van der Waals surface area contributed by atoms with Crippen molar-refractivity contribution < 1.29 is 36.2 Å². The van der Waals surface area contributed by atoms with E-state index in [0.717, 1.165) is 30.3 Å². The van der Waals surface area contributed by atoms with Crippen molar-refractivity contribution in [1.29, 1.82) is 0 Å². The number of imide groups is 1. The summed E-state index contributed by atoms with van der Waals surface area (Å²) in [5, 5.41) is 1.72. The zero-order valence-corrected chi connectivity index (χ0v) is 16.9. The normalized spacial score (nSPS) is 23.7. The van der Waals surface area contributed by atoms with Crippen LogP contribution in [0.1, 0.15) is 46.7 Å². The highest BCUT2D eigenvalue weighted by Crippen LogP contribution is 2.30. The van der Waals surface area contributed by atoms with Gasteiger partial charge in [-0.3, -0.25) is 24.5 Å². The van der Waals surface area contributed by atoms with Gasteiger partial charge < -0.3 is 10.2 Å². The highest BCUT2D eigenvalue weighted by molar-refractivity contribution is 6.30. The third-order valence-corrected chi connectivity index (χ3v) is 5.14. The molecule has 2 atom stereocenters. The molecule has 2 N–H and O–H groups in total. The smallest absolute Gasteiger partial charge is 0.346 e. The van der Waals surface area contributed by atoms with E-state index in [1.54, 1.807) is 0 Å². The third kappa shape index (κ3) is 4.08. The van der Waals surface area contributed by atoms with Crippen molar-refractivity contribution in [2.75, 3.05) is 0 Å². The minimum atomic E-state index is -4.26. The molecular weight excluding hydrogens is 444 g/mol. The van der Waals surface area contributed by atoms with Crippen molar-refractivity contribution in [3.8, 4) is 0 Å². The van der Waals surface area contributed by atoms with Crippen LogP contribution in [-0.2, 0) is 33.3 Å². The topological polar surface area (TPSA) is 95.6 Å². The molecule has 32 heavy (non-hydrogen) atoms. The summed E-state index contributed by atoms with van der Waals surface area (Å²) in [6.45, 7) is -5.07. The zero-order chi connectivity index (χ0) is 28.3. The molecule has 2 aromatic rings. The molecule has 4 rings (SSSR count). The van der Waals surface area contributed by atoms with E-state index in [-0.39, 0.29) is 17.9 Å². The third-order valence-electron chi connectivity index (χ3n) is 4.89. The number of benzene rings is 2. The molecule has 0 saturated carbocycles. The van der Waals surface area contributed by atoms with Crippen LogP contribution in [0.25, 0.3) is 0 Å². The van der Waals surface area contributed by atoms with E-state index in [2.05, 4.69) is 0 Å². The molecule has 4 amide bonds. The van der Waals surface area contributed by atoms with Gasteiger partial charge in [-0.1, -0.05) is 35.8 Å². The molecule has 0 aliphatic carbocycles. The first-order valence-corrected chi connectivity index (χ1v) is 9.69. The van der Waals surface area contributed by atoms with Crippen molar-refractivity contribution in [1.82, 2.24) is 15.5 Å². The monoisotopic (exact) mass is 467 g/mol. The standard InChI is InChI=1S/C22H18ClF2N3O4/c23-15-4-2-14(3-5-15)22(24,25)21(32)26-10-12-1-6-16-13(9-12)11-28(20(16)31)17-7-8-18(29)27-19(17)30/h1-6,9,17H,7-8,10-11H2,(H,26,32)(H,27,29,30)/i1D,6D,10D,11D2/hD. The number of nitrogens with one attached hydrogen (secondary N) is 2. The predicted octanol–water partition coefficient (Wildman–Crippen LogP) is 2.51. The van der Waals surface area contributed by atoms with Gasteiger partial charge in [-0.05, 0) is 35.7 Å². The molecule has 0 radical (unpaired) electrons. The fourth-order valence-electron chi connectivity index (χ4n) is 3.23. The maximum absolute atomic E-state index is 14.8. The highest BCUT2D eigenvalue weighted by Gasteiger charge is 2.41. The number of carbonyl (C=O) groups excluding carboxylic acids is 4. The number of rotatable bonds is 5. The Bertz CT molecular complexity index is 1380. The molecule has 0 spiro atoms. The Hall–Kier alpha value is -3.33. The molecule has 1 fully saturated rings. The van der Waals surface area contributed by atoms with Gasteiger partial charge in [-0.25, -0.2) is 0 Å². The van der Waals surface area contributed by atoms with Crippen LogP contribution in [0.15, 0.2) is 42.4 Å². The van der Waals surface area contributed by atoms with E-state index in [1.807, 2.05) is 5.32 Å². The van der Waals surface area contributed by atoms with Gasteiger partial charge in [0.2, 0.25) is 11.8 Å². The van der Waals surface area contributed by atoms with Crippen LogP contribution in [0.5, 0.6) is 0 Å². The quantitative estimate of drug-likeness (QED) is 0.660. The Labute approximate surface area is 195 Å². The van der Waals surface area contributed by atoms with Gasteiger partial charge in [0.25, 0.3) is 11.8 Å². The molecule has 2 unspecified atom stereocenters. The number of piperidine rings is 1. The second kappa shape index (κ2) is 8.31. The van der Waals surface area contributed by atoms with Crippen molar-refractivity contribution in [2.24, 2.45) is 0 Å². The van der Waals surface area contributed by atoms with Crippen molar-refractivity contribution >= 4 is 35.2 Å². The van der Waals surface area contributed by atoms with E-state index >= 15 is 0 Å². The summed E-state index contributed by atoms with van der Waals surface area (Å²) in [6, 6.07) is 1.57. The van der Waals surface area contributed by atoms with E-state index < -0.39 is 88.3 Å². The Morgan fingerprint density at radius 2 is 2.06 bits per heavy atom. The molecule has 7 nitrogen and oxygen atoms in total. The molecule has 2 aromatic carbocycles. The van der Waals surface area contributed by atoms with Gasteiger partial charge >= 0.3 is 5.92 Å². The van der Waals surface area contributed by atoms with Gasteiger partial charge in [-0.2, -0.15) is 8.78 Å². The van der Waals surface area contributed by atoms with Gasteiger partial charge in [0.1, 0.15) is 6.04 Å². The first kappa shape index (κ1) is 15.5. The lowest BCUT2D eigenvalue weighted by Gasteiger charge is -2.29. The summed E-state index contributed by atoms with van der Waals surface area (Å²) >= 11 is 5.68. The molecule has 2 aliphatic heterocycles. The second-order valence-corrected chi connectivity index (χ2v) is 7.47. The number of hydrogen-bond donors (Lipinski definition) is 2. The first-order valence-electron chi connectivity index (χ1n) is 12.3. The maximum atomic E-state index is 14.8. The minimum absolute atomic E-state index is 0.119. The molecular formula is C22H18ClF2N3O4. The molecule has 1 saturated heterocycles. The van der Waals surface area contributed by atoms with E-state index in [1.165, 1.54) is 0 Å². The fraction of sp³-hybridized carbons (Fsp3) is 0.273. The van der Waals surface area contributed by atoms with Gasteiger partial charge in [-0.15, -0.1) is 0 Å². The Morgan fingerprint density at radius 1 is 1.34 bits per heavy atom. The van der Waals surface area contributed by atoms with Crippen LogP contribution in [0, 0.1) is 0 Å². The fourth-order valence-corrected chi connectivity index (χ4v) is 3.36. The van der Waals surface area contributed by atoms with E-state index in [9.17, 15) is 28.0 Å². The maximum Gasteiger partial charge on any atom is 0.349 e. The number of alkyl halides is 2. The van der Waals surface area contributed by atoms with Crippen molar-refractivity contribution in [2.45, 2.75) is 37.8 Å². The summed E-state index contributed by atoms with van der Waals surface area (Å²) in [5.41, 5.74) is -2.59. The number of fused-ring (bicyclic) bond motifs is 1. The molecule has 0 bridgehead atoms. The minimum Gasteiger partial charge on any atom is -0.346 e. The van der Waals surface area contributed by atoms with Crippen molar-refractivity contribution in [3.63, 3.8) is 0 Å². The first-order chi connectivity index (χ1) is 17.6. The number of halogens is 3. The second-order valence-electron chi connectivity index (χ2n) is 7.04. The number of hydrogen-bond acceptors (Lipinski definition) is 4. The predicted molar refractivity (Wildman–Crippen MR) is 110 cm³/mol. The summed E-state index contributed by atoms with van der Waals surface area (Å²) in [4.78, 5) is 50.0. The summed E-state index contributed by atoms with van der Waals surface area (Å²) < 4.78 is 79.3. The van der Waals surface area contributed by atoms with Crippen LogP contribution < -0.4 is 10.6 Å². The summed E-state index contributed by atoms with van der Waals surface area (Å²) in [5.74, 6) is -9.05. The SMILES string of the molecule is [2H]c1c(C([2H])N([2H])C(=O)C(F)(F)c2ccc(Cl)cc2)cc2c(c1[2H])C(=O)N(C1CCC(=O)NC1=O)C2([2H])[2H]. The number of nitrogens with zero attached hydrogens (tertiary/aromatic N) is 1. The highest BCUT2D eigenvalue weighted by atomic mass is 35.5. The molecule has 0 aromatic heterocycles. The largest absolute Gasteiger partial charge is 0.349 e. The average Bonchev–Trinajstić information content (AvgIpc) is 3.05. The van der Waals surface area contributed by atoms with Gasteiger partial charge in [0, 0.05) is 35.6 Å². The van der Waals surface area contributed by atoms with Crippen LogP contribution in [0.3, 0.4) is 0 Å². The summed E-state index contributed by atoms with van der Waals surface area (Å²) in [7, 11) is 0. The Kier molecular flexibility index (Phi) is 4.02. The molecule has 166 valence electrons. The molecule has 10 heteroatoms. The zero-order valence-electron chi connectivity index (χ0n) is 22.1. The van der Waals surface area contributed by atoms with Gasteiger partial charge in [0.15, 0.2) is 1.41 Å². The Morgan fingerprint density at radius 3 is 2.75 bits per heavy atom.